The van der Waals surface area contributed by atoms with Crippen LogP contribution in [-0.2, 0) is 11.8 Å². The van der Waals surface area contributed by atoms with Gasteiger partial charge in [-0.2, -0.15) is 0 Å². The van der Waals surface area contributed by atoms with Crippen molar-refractivity contribution in [3.63, 3.8) is 0 Å². The van der Waals surface area contributed by atoms with E-state index >= 15 is 0 Å². The lowest BCUT2D eigenvalue weighted by Crippen LogP contribution is -2.43. The Balaban J connectivity index is 1.71. The molecule has 2 N–H and O–H groups in total. The molecule has 2 aliphatic rings. The van der Waals surface area contributed by atoms with Crippen molar-refractivity contribution in [2.75, 3.05) is 26.2 Å². The van der Waals surface area contributed by atoms with Crippen molar-refractivity contribution < 1.29 is 4.39 Å². The fraction of sp³-hybridized carbons (Fsp3) is 0.700. The zero-order valence-electron chi connectivity index (χ0n) is 14.5. The summed E-state index contributed by atoms with van der Waals surface area (Å²) in [5.41, 5.74) is 2.79. The van der Waals surface area contributed by atoms with E-state index in [4.69, 9.17) is 0 Å². The molecular formula is C20H31FN2. The lowest BCUT2D eigenvalue weighted by molar-refractivity contribution is 0.289. The highest BCUT2D eigenvalue weighted by Crippen LogP contribution is 2.41. The number of aryl methyl sites for hydroxylation is 1. The Labute approximate surface area is 140 Å². The topological polar surface area (TPSA) is 24.1 Å². The van der Waals surface area contributed by atoms with Gasteiger partial charge >= 0.3 is 0 Å². The van der Waals surface area contributed by atoms with Crippen LogP contribution in [0.1, 0.15) is 56.6 Å². The third kappa shape index (κ3) is 3.95. The van der Waals surface area contributed by atoms with Crippen molar-refractivity contribution in [3.8, 4) is 0 Å². The normalized spacial score (nSPS) is 25.3. The Kier molecular flexibility index (Phi) is 5.71. The molecular weight excluding hydrogens is 287 g/mol. The van der Waals surface area contributed by atoms with E-state index in [-0.39, 0.29) is 11.2 Å². The van der Waals surface area contributed by atoms with Crippen molar-refractivity contribution in [1.29, 1.82) is 0 Å². The zero-order valence-corrected chi connectivity index (χ0v) is 14.5. The molecule has 0 radical (unpaired) electrons. The molecule has 128 valence electrons. The summed E-state index contributed by atoms with van der Waals surface area (Å²) in [7, 11) is 0. The van der Waals surface area contributed by atoms with E-state index in [1.165, 1.54) is 36.8 Å². The fourth-order valence-corrected chi connectivity index (χ4v) is 4.62. The molecule has 1 aliphatic carbocycles. The molecule has 1 unspecified atom stereocenters. The van der Waals surface area contributed by atoms with Gasteiger partial charge in [0.1, 0.15) is 5.82 Å². The molecule has 1 heterocycles. The quantitative estimate of drug-likeness (QED) is 0.834. The number of nitrogens with one attached hydrogen (secondary N) is 2. The maximum atomic E-state index is 13.9. The smallest absolute Gasteiger partial charge is 0.123 e. The molecule has 1 fully saturated rings. The van der Waals surface area contributed by atoms with Crippen molar-refractivity contribution in [2.24, 2.45) is 5.92 Å². The average molecular weight is 318 g/mol. The van der Waals surface area contributed by atoms with Crippen LogP contribution in [0.3, 0.4) is 0 Å². The van der Waals surface area contributed by atoms with Gasteiger partial charge in [0.2, 0.25) is 0 Å². The molecule has 0 spiro atoms. The summed E-state index contributed by atoms with van der Waals surface area (Å²) < 4.78 is 13.9. The number of benzene rings is 1. The number of piperidine rings is 1. The standard InChI is InChI=1S/C20H31FN2/c1-2-9-20(15-23-14-16-7-11-22-12-8-16)10-3-4-17-5-6-18(21)13-19(17)20/h5-6,13,16,22-23H,2-4,7-12,14-15H2,1H3. The number of rotatable bonds is 6. The molecule has 0 aromatic heterocycles. The highest BCUT2D eigenvalue weighted by atomic mass is 19.1. The van der Waals surface area contributed by atoms with E-state index in [0.717, 1.165) is 51.4 Å². The van der Waals surface area contributed by atoms with Gasteiger partial charge in [-0.1, -0.05) is 19.4 Å². The van der Waals surface area contributed by atoms with Gasteiger partial charge in [-0.25, -0.2) is 4.39 Å². The van der Waals surface area contributed by atoms with E-state index < -0.39 is 0 Å². The van der Waals surface area contributed by atoms with Crippen LogP contribution in [-0.4, -0.2) is 26.2 Å². The van der Waals surface area contributed by atoms with Crippen LogP contribution >= 0.6 is 0 Å². The van der Waals surface area contributed by atoms with Crippen molar-refractivity contribution in [1.82, 2.24) is 10.6 Å². The second-order valence-electron chi connectivity index (χ2n) is 7.51. The summed E-state index contributed by atoms with van der Waals surface area (Å²) in [6.07, 6.45) is 8.39. The van der Waals surface area contributed by atoms with Gasteiger partial charge in [0.15, 0.2) is 0 Å². The van der Waals surface area contributed by atoms with Crippen LogP contribution in [0.2, 0.25) is 0 Å². The van der Waals surface area contributed by atoms with Crippen LogP contribution in [0.25, 0.3) is 0 Å². The van der Waals surface area contributed by atoms with Crippen LogP contribution in [0.4, 0.5) is 4.39 Å². The first kappa shape index (κ1) is 16.9. The number of hydrogen-bond acceptors (Lipinski definition) is 2. The Morgan fingerprint density at radius 1 is 1.30 bits per heavy atom. The molecule has 1 aromatic carbocycles. The first-order valence-electron chi connectivity index (χ1n) is 9.44. The molecule has 3 rings (SSSR count). The maximum absolute atomic E-state index is 13.9. The predicted octanol–water partition coefficient (Wildman–Crippen LogP) is 3.79. The SMILES string of the molecule is CCCC1(CNCC2CCNCC2)CCCc2ccc(F)cc21. The highest BCUT2D eigenvalue weighted by Gasteiger charge is 2.35. The van der Waals surface area contributed by atoms with Gasteiger partial charge in [-0.05, 0) is 87.3 Å². The van der Waals surface area contributed by atoms with Gasteiger partial charge in [-0.15, -0.1) is 0 Å². The van der Waals surface area contributed by atoms with Crippen LogP contribution in [0.5, 0.6) is 0 Å². The van der Waals surface area contributed by atoms with E-state index in [1.54, 1.807) is 6.07 Å². The van der Waals surface area contributed by atoms with E-state index in [2.05, 4.69) is 17.6 Å². The molecule has 2 nitrogen and oxygen atoms in total. The molecule has 1 atom stereocenters. The lowest BCUT2D eigenvalue weighted by atomic mass is 9.67. The molecule has 23 heavy (non-hydrogen) atoms. The minimum atomic E-state index is -0.0792. The molecule has 0 amide bonds. The van der Waals surface area contributed by atoms with Crippen LogP contribution < -0.4 is 10.6 Å². The largest absolute Gasteiger partial charge is 0.317 e. The van der Waals surface area contributed by atoms with Crippen LogP contribution in [0.15, 0.2) is 18.2 Å². The van der Waals surface area contributed by atoms with Gasteiger partial charge < -0.3 is 10.6 Å². The molecule has 0 saturated carbocycles. The van der Waals surface area contributed by atoms with Gasteiger partial charge in [0.25, 0.3) is 0 Å². The minimum Gasteiger partial charge on any atom is -0.317 e. The van der Waals surface area contributed by atoms with Crippen molar-refractivity contribution in [2.45, 2.75) is 57.3 Å². The fourth-order valence-electron chi connectivity index (χ4n) is 4.62. The molecule has 3 heteroatoms. The summed E-state index contributed by atoms with van der Waals surface area (Å²) in [6.45, 7) is 6.67. The molecule has 1 saturated heterocycles. The molecule has 1 aromatic rings. The van der Waals surface area contributed by atoms with E-state index in [9.17, 15) is 4.39 Å². The number of halogens is 1. The molecule has 1 aliphatic heterocycles. The summed E-state index contributed by atoms with van der Waals surface area (Å²) >= 11 is 0. The lowest BCUT2D eigenvalue weighted by Gasteiger charge is -2.40. The second kappa shape index (κ2) is 7.76. The van der Waals surface area contributed by atoms with Crippen molar-refractivity contribution >= 4 is 0 Å². The van der Waals surface area contributed by atoms with Gasteiger partial charge in [0, 0.05) is 12.0 Å². The zero-order chi connectivity index (χ0) is 16.1. The summed E-state index contributed by atoms with van der Waals surface area (Å²) in [5, 5.41) is 7.19. The number of fused-ring (bicyclic) bond motifs is 1. The third-order valence-electron chi connectivity index (χ3n) is 5.83. The first-order valence-corrected chi connectivity index (χ1v) is 9.44. The third-order valence-corrected chi connectivity index (χ3v) is 5.83. The summed E-state index contributed by atoms with van der Waals surface area (Å²) in [5.74, 6) is 0.718. The van der Waals surface area contributed by atoms with E-state index in [1.807, 2.05) is 12.1 Å². The Morgan fingerprint density at radius 2 is 2.13 bits per heavy atom. The molecule has 0 bridgehead atoms. The second-order valence-corrected chi connectivity index (χ2v) is 7.51. The van der Waals surface area contributed by atoms with E-state index in [0.29, 0.717) is 0 Å². The first-order chi connectivity index (χ1) is 11.2. The summed E-state index contributed by atoms with van der Waals surface area (Å²) in [4.78, 5) is 0. The minimum absolute atomic E-state index is 0.0792. The average Bonchev–Trinajstić information content (AvgIpc) is 2.57. The number of hydrogen-bond donors (Lipinski definition) is 2. The van der Waals surface area contributed by atoms with Crippen molar-refractivity contribution in [3.05, 3.63) is 35.1 Å². The Bertz CT molecular complexity index is 510. The maximum Gasteiger partial charge on any atom is 0.123 e. The van der Waals surface area contributed by atoms with Gasteiger partial charge in [-0.3, -0.25) is 0 Å². The monoisotopic (exact) mass is 318 g/mol. The Hall–Kier alpha value is -0.930. The summed E-state index contributed by atoms with van der Waals surface area (Å²) in [6, 6.07) is 5.46. The van der Waals surface area contributed by atoms with Crippen LogP contribution in [0, 0.1) is 11.7 Å². The highest BCUT2D eigenvalue weighted by molar-refractivity contribution is 5.37. The predicted molar refractivity (Wildman–Crippen MR) is 94.4 cm³/mol. The Morgan fingerprint density at radius 3 is 2.91 bits per heavy atom. The van der Waals surface area contributed by atoms with Gasteiger partial charge in [0.05, 0.1) is 0 Å².